The van der Waals surface area contributed by atoms with Gasteiger partial charge in [-0.05, 0) is 24.9 Å². The second-order valence-electron chi connectivity index (χ2n) is 7.91. The molecule has 128 valence electrons. The van der Waals surface area contributed by atoms with Gasteiger partial charge in [0.2, 0.25) is 5.91 Å². The Morgan fingerprint density at radius 2 is 2.17 bits per heavy atom. The van der Waals surface area contributed by atoms with Gasteiger partial charge in [0.1, 0.15) is 5.82 Å². The van der Waals surface area contributed by atoms with Gasteiger partial charge in [-0.15, -0.1) is 0 Å². The minimum absolute atomic E-state index is 0.133. The lowest BCUT2D eigenvalue weighted by Gasteiger charge is -2.20. The van der Waals surface area contributed by atoms with Crippen LogP contribution in [-0.4, -0.2) is 40.4 Å². The van der Waals surface area contributed by atoms with Crippen molar-refractivity contribution in [1.29, 1.82) is 0 Å². The van der Waals surface area contributed by atoms with Crippen LogP contribution in [0.4, 0.5) is 0 Å². The molecule has 1 aliphatic heterocycles. The van der Waals surface area contributed by atoms with Crippen LogP contribution in [0, 0.1) is 11.3 Å². The first-order valence-electron chi connectivity index (χ1n) is 8.58. The van der Waals surface area contributed by atoms with Gasteiger partial charge < -0.3 is 5.32 Å². The molecule has 1 unspecified atom stereocenters. The zero-order valence-corrected chi connectivity index (χ0v) is 15.1. The first kappa shape index (κ1) is 17.9. The molecule has 5 nitrogen and oxygen atoms in total. The normalized spacial score (nSPS) is 19.3. The second-order valence-corrected chi connectivity index (χ2v) is 7.91. The van der Waals surface area contributed by atoms with E-state index in [1.54, 1.807) is 0 Å². The van der Waals surface area contributed by atoms with Crippen LogP contribution in [0.15, 0.2) is 12.3 Å². The Hall–Kier alpha value is -1.49. The van der Waals surface area contributed by atoms with Crippen LogP contribution in [-0.2, 0) is 11.3 Å². The summed E-state index contributed by atoms with van der Waals surface area (Å²) >= 11 is 0. The molecule has 1 aliphatic rings. The number of carbonyl (C=O) groups is 1. The zero-order chi connectivity index (χ0) is 17.0. The molecule has 5 heteroatoms. The molecule has 1 aromatic rings. The Morgan fingerprint density at radius 1 is 1.43 bits per heavy atom. The number of rotatable bonds is 5. The van der Waals surface area contributed by atoms with Crippen molar-refractivity contribution in [2.75, 3.05) is 19.6 Å². The summed E-state index contributed by atoms with van der Waals surface area (Å²) in [5, 5.41) is 3.08. The number of hydrogen-bond acceptors (Lipinski definition) is 4. The van der Waals surface area contributed by atoms with Gasteiger partial charge in [-0.25, -0.2) is 9.97 Å². The van der Waals surface area contributed by atoms with E-state index in [-0.39, 0.29) is 11.3 Å². The summed E-state index contributed by atoms with van der Waals surface area (Å²) in [4.78, 5) is 23.3. The van der Waals surface area contributed by atoms with Crippen molar-refractivity contribution in [2.24, 2.45) is 11.3 Å². The monoisotopic (exact) mass is 318 g/mol. The van der Waals surface area contributed by atoms with Gasteiger partial charge in [-0.3, -0.25) is 9.69 Å². The van der Waals surface area contributed by atoms with E-state index in [4.69, 9.17) is 0 Å². The SMILES string of the molecule is CC(C)c1nccc(CN2CCC(CNC(=O)C(C)(C)C)C2)n1. The molecule has 0 aliphatic carbocycles. The van der Waals surface area contributed by atoms with Crippen LogP contribution < -0.4 is 5.32 Å². The maximum atomic E-state index is 12.0. The summed E-state index contributed by atoms with van der Waals surface area (Å²) in [5.74, 6) is 1.94. The number of nitrogens with zero attached hydrogens (tertiary/aromatic N) is 3. The van der Waals surface area contributed by atoms with Gasteiger partial charge in [-0.1, -0.05) is 34.6 Å². The fourth-order valence-electron chi connectivity index (χ4n) is 2.73. The van der Waals surface area contributed by atoms with E-state index in [0.717, 1.165) is 44.1 Å². The summed E-state index contributed by atoms with van der Waals surface area (Å²) in [6, 6.07) is 2.00. The molecule has 0 aromatic carbocycles. The van der Waals surface area contributed by atoms with E-state index in [1.165, 1.54) is 0 Å². The molecular weight excluding hydrogens is 288 g/mol. The molecule has 23 heavy (non-hydrogen) atoms. The minimum Gasteiger partial charge on any atom is -0.355 e. The highest BCUT2D eigenvalue weighted by Gasteiger charge is 2.26. The Balaban J connectivity index is 1.81. The lowest BCUT2D eigenvalue weighted by atomic mass is 9.95. The predicted molar refractivity (Wildman–Crippen MR) is 92.0 cm³/mol. The summed E-state index contributed by atoms with van der Waals surface area (Å²) < 4.78 is 0. The third kappa shape index (κ3) is 5.27. The number of hydrogen-bond donors (Lipinski definition) is 1. The first-order valence-corrected chi connectivity index (χ1v) is 8.58. The lowest BCUT2D eigenvalue weighted by molar-refractivity contribution is -0.128. The molecule has 1 aromatic heterocycles. The molecule has 0 bridgehead atoms. The van der Waals surface area contributed by atoms with Gasteiger partial charge in [0, 0.05) is 37.2 Å². The van der Waals surface area contributed by atoms with E-state index in [0.29, 0.717) is 11.8 Å². The summed E-state index contributed by atoms with van der Waals surface area (Å²) in [5.41, 5.74) is 0.773. The Kier molecular flexibility index (Phi) is 5.74. The zero-order valence-electron chi connectivity index (χ0n) is 15.1. The number of likely N-dealkylation sites (tertiary alicyclic amines) is 1. The van der Waals surface area contributed by atoms with Crippen LogP contribution in [0.3, 0.4) is 0 Å². The van der Waals surface area contributed by atoms with Crippen LogP contribution in [0.2, 0.25) is 0 Å². The molecule has 1 saturated heterocycles. The second kappa shape index (κ2) is 7.39. The van der Waals surface area contributed by atoms with Crippen molar-refractivity contribution >= 4 is 5.91 Å². The topological polar surface area (TPSA) is 58.1 Å². The standard InChI is InChI=1S/C18H30N4O/c1-13(2)16-19-8-6-15(21-16)12-22-9-7-14(11-22)10-20-17(23)18(3,4)5/h6,8,13-14H,7,9-12H2,1-5H3,(H,20,23). The van der Waals surface area contributed by atoms with E-state index in [1.807, 2.05) is 33.0 Å². The summed E-state index contributed by atoms with van der Waals surface area (Å²) in [6.07, 6.45) is 2.99. The maximum Gasteiger partial charge on any atom is 0.225 e. The Bertz CT molecular complexity index is 536. The van der Waals surface area contributed by atoms with Gasteiger partial charge >= 0.3 is 0 Å². The smallest absolute Gasteiger partial charge is 0.225 e. The quantitative estimate of drug-likeness (QED) is 0.906. The van der Waals surface area contributed by atoms with Crippen molar-refractivity contribution in [3.05, 3.63) is 23.8 Å². The van der Waals surface area contributed by atoms with Crippen LogP contribution >= 0.6 is 0 Å². The predicted octanol–water partition coefficient (Wildman–Crippen LogP) is 2.58. The van der Waals surface area contributed by atoms with Crippen molar-refractivity contribution < 1.29 is 4.79 Å². The molecule has 2 heterocycles. The van der Waals surface area contributed by atoms with Gasteiger partial charge in [-0.2, -0.15) is 0 Å². The highest BCUT2D eigenvalue weighted by molar-refractivity contribution is 5.81. The molecule has 0 saturated carbocycles. The average Bonchev–Trinajstić information content (AvgIpc) is 2.91. The Labute approximate surface area is 139 Å². The molecule has 1 fully saturated rings. The van der Waals surface area contributed by atoms with Gasteiger partial charge in [0.25, 0.3) is 0 Å². The van der Waals surface area contributed by atoms with Crippen molar-refractivity contribution in [1.82, 2.24) is 20.2 Å². The van der Waals surface area contributed by atoms with Crippen LogP contribution in [0.25, 0.3) is 0 Å². The van der Waals surface area contributed by atoms with Crippen molar-refractivity contribution in [3.63, 3.8) is 0 Å². The molecule has 2 rings (SSSR count). The highest BCUT2D eigenvalue weighted by atomic mass is 16.2. The van der Waals surface area contributed by atoms with E-state index in [9.17, 15) is 4.79 Å². The fraction of sp³-hybridized carbons (Fsp3) is 0.722. The minimum atomic E-state index is -0.313. The van der Waals surface area contributed by atoms with E-state index >= 15 is 0 Å². The van der Waals surface area contributed by atoms with Crippen LogP contribution in [0.5, 0.6) is 0 Å². The average molecular weight is 318 g/mol. The molecular formula is C18H30N4O. The number of aromatic nitrogens is 2. The number of nitrogens with one attached hydrogen (secondary N) is 1. The maximum absolute atomic E-state index is 12.0. The molecule has 1 amide bonds. The fourth-order valence-corrected chi connectivity index (χ4v) is 2.73. The van der Waals surface area contributed by atoms with Crippen molar-refractivity contribution in [2.45, 2.75) is 53.5 Å². The third-order valence-corrected chi connectivity index (χ3v) is 4.24. The van der Waals surface area contributed by atoms with Gasteiger partial charge in [0.15, 0.2) is 0 Å². The molecule has 0 radical (unpaired) electrons. The third-order valence-electron chi connectivity index (χ3n) is 4.24. The Morgan fingerprint density at radius 3 is 2.83 bits per heavy atom. The lowest BCUT2D eigenvalue weighted by Crippen LogP contribution is -2.38. The molecule has 1 atom stereocenters. The number of carbonyl (C=O) groups excluding carboxylic acids is 1. The van der Waals surface area contributed by atoms with E-state index < -0.39 is 0 Å². The first-order chi connectivity index (χ1) is 10.8. The number of amides is 1. The van der Waals surface area contributed by atoms with Gasteiger partial charge in [0.05, 0.1) is 5.69 Å². The largest absolute Gasteiger partial charge is 0.355 e. The van der Waals surface area contributed by atoms with Crippen molar-refractivity contribution in [3.8, 4) is 0 Å². The summed E-state index contributed by atoms with van der Waals surface area (Å²) in [6.45, 7) is 13.8. The summed E-state index contributed by atoms with van der Waals surface area (Å²) in [7, 11) is 0. The highest BCUT2D eigenvalue weighted by Crippen LogP contribution is 2.19. The van der Waals surface area contributed by atoms with Crippen LogP contribution in [0.1, 0.15) is 58.5 Å². The molecule has 1 N–H and O–H groups in total. The van der Waals surface area contributed by atoms with E-state index in [2.05, 4.69) is 34.0 Å². The molecule has 0 spiro atoms.